The molecule has 0 unspecified atom stereocenters. The molecule has 1 aliphatic rings. The Morgan fingerprint density at radius 1 is 0.568 bits per heavy atom. The number of ether oxygens (including phenoxy) is 2. The summed E-state index contributed by atoms with van der Waals surface area (Å²) in [4.78, 5) is 9.58. The van der Waals surface area contributed by atoms with Gasteiger partial charge in [0.2, 0.25) is 0 Å². The number of nitrogens with zero attached hydrogens (tertiary/aromatic N) is 2. The maximum absolute atomic E-state index is 6.45. The molecule has 0 spiro atoms. The Balaban J connectivity index is 0.00000312. The fraction of sp³-hybridized carbons (Fsp3) is 0.0256. The van der Waals surface area contributed by atoms with E-state index in [4.69, 9.17) is 14.5 Å². The molecule has 0 amide bonds. The van der Waals surface area contributed by atoms with Gasteiger partial charge in [0.15, 0.2) is 0 Å². The van der Waals surface area contributed by atoms with Crippen LogP contribution in [0.25, 0.3) is 22.0 Å². The Bertz CT molecular complexity index is 2060. The van der Waals surface area contributed by atoms with Gasteiger partial charge in [-0.3, -0.25) is 4.98 Å². The first-order valence-electron chi connectivity index (χ1n) is 14.2. The summed E-state index contributed by atoms with van der Waals surface area (Å²) in [5, 5.41) is 2.20. The Labute approximate surface area is 270 Å². The van der Waals surface area contributed by atoms with Crippen molar-refractivity contribution in [3.05, 3.63) is 180 Å². The molecule has 8 rings (SSSR count). The average Bonchev–Trinajstić information content (AvgIpc) is 3.07. The number of hydrogen-bond donors (Lipinski definition) is 0. The summed E-state index contributed by atoms with van der Waals surface area (Å²) in [6, 6.07) is 51.5. The van der Waals surface area contributed by atoms with Crippen LogP contribution >= 0.6 is 0 Å². The summed E-state index contributed by atoms with van der Waals surface area (Å²) in [6.07, 6.45) is 3.66. The summed E-state index contributed by atoms with van der Waals surface area (Å²) in [6.45, 7) is 0. The molecule has 3 heterocycles. The third-order valence-corrected chi connectivity index (χ3v) is 7.94. The van der Waals surface area contributed by atoms with Crippen molar-refractivity contribution in [2.75, 3.05) is 0 Å². The monoisotopic (exact) mass is 747 g/mol. The minimum atomic E-state index is -0.773. The van der Waals surface area contributed by atoms with Crippen molar-refractivity contribution in [3.8, 4) is 34.3 Å². The quantitative estimate of drug-likeness (QED) is 0.165. The van der Waals surface area contributed by atoms with Gasteiger partial charge in [-0.15, -0.1) is 41.5 Å². The van der Waals surface area contributed by atoms with Gasteiger partial charge in [0.05, 0.1) is 11.1 Å². The molecular weight excluding hydrogens is 724 g/mol. The van der Waals surface area contributed by atoms with Crippen LogP contribution in [0.2, 0.25) is 0 Å². The molecule has 0 fully saturated rings. The summed E-state index contributed by atoms with van der Waals surface area (Å²) < 4.78 is 12.9. The van der Waals surface area contributed by atoms with Gasteiger partial charge in [0.1, 0.15) is 11.5 Å². The van der Waals surface area contributed by atoms with E-state index in [0.717, 1.165) is 55.9 Å². The van der Waals surface area contributed by atoms with Crippen LogP contribution in [0.5, 0.6) is 23.0 Å². The van der Waals surface area contributed by atoms with E-state index in [9.17, 15) is 0 Å². The molecule has 212 valence electrons. The van der Waals surface area contributed by atoms with Gasteiger partial charge in [-0.25, -0.2) is 0 Å². The maximum Gasteiger partial charge on any atom is 2.00 e. The first-order valence-corrected chi connectivity index (χ1v) is 14.2. The molecule has 0 atom stereocenters. The van der Waals surface area contributed by atoms with Crippen molar-refractivity contribution in [1.82, 2.24) is 9.97 Å². The Hall–Kier alpha value is -5.05. The van der Waals surface area contributed by atoms with Crippen LogP contribution in [-0.4, -0.2) is 9.97 Å². The van der Waals surface area contributed by atoms with E-state index in [2.05, 4.69) is 53.5 Å². The third kappa shape index (κ3) is 4.59. The number of benzene rings is 5. The van der Waals surface area contributed by atoms with Gasteiger partial charge < -0.3 is 14.5 Å². The molecule has 5 aromatic carbocycles. The van der Waals surface area contributed by atoms with E-state index < -0.39 is 5.41 Å². The second kappa shape index (κ2) is 11.6. The molecule has 7 aromatic rings. The van der Waals surface area contributed by atoms with E-state index in [0.29, 0.717) is 11.5 Å². The molecule has 0 bridgehead atoms. The molecule has 0 saturated heterocycles. The van der Waals surface area contributed by atoms with Crippen molar-refractivity contribution in [1.29, 1.82) is 0 Å². The Morgan fingerprint density at radius 3 is 2.02 bits per heavy atom. The number of aromatic nitrogens is 2. The number of pyridine rings is 2. The largest absolute Gasteiger partial charge is 2.00 e. The maximum atomic E-state index is 6.45. The standard InChI is InChI=1S/C39H24N2O2.Pt/c1-2-16-32-27(11-1)22-24-41-38(32)28-12-9-14-30(25-28)42-31-15-10-13-29(26-31)39(37-21-7-8-23-40-37)33-17-3-5-19-35(33)43-36-20-6-4-18-34(36)39;/h1-24H;/q-2;+2. The number of fused-ring (bicyclic) bond motifs is 3. The number of para-hydroxylation sites is 2. The van der Waals surface area contributed by atoms with Crippen LogP contribution < -0.4 is 9.47 Å². The van der Waals surface area contributed by atoms with Crippen LogP contribution in [0.4, 0.5) is 0 Å². The molecule has 0 saturated carbocycles. The van der Waals surface area contributed by atoms with Gasteiger partial charge in [-0.05, 0) is 46.8 Å². The molecule has 0 aliphatic carbocycles. The predicted molar refractivity (Wildman–Crippen MR) is 168 cm³/mol. The van der Waals surface area contributed by atoms with Gasteiger partial charge in [-0.2, -0.15) is 12.1 Å². The summed E-state index contributed by atoms with van der Waals surface area (Å²) >= 11 is 0. The van der Waals surface area contributed by atoms with Crippen LogP contribution in [0.3, 0.4) is 0 Å². The zero-order chi connectivity index (χ0) is 28.6. The number of hydrogen-bond acceptors (Lipinski definition) is 4. The second-order valence-electron chi connectivity index (χ2n) is 10.4. The van der Waals surface area contributed by atoms with E-state index in [1.165, 1.54) is 0 Å². The van der Waals surface area contributed by atoms with Gasteiger partial charge in [-0.1, -0.05) is 72.8 Å². The van der Waals surface area contributed by atoms with Crippen molar-refractivity contribution in [2.45, 2.75) is 5.41 Å². The minimum absolute atomic E-state index is 0. The molecule has 44 heavy (non-hydrogen) atoms. The van der Waals surface area contributed by atoms with E-state index >= 15 is 0 Å². The minimum Gasteiger partial charge on any atom is -0.503 e. The van der Waals surface area contributed by atoms with Crippen LogP contribution in [0.15, 0.2) is 146 Å². The van der Waals surface area contributed by atoms with Crippen molar-refractivity contribution >= 4 is 10.8 Å². The average molecular weight is 748 g/mol. The van der Waals surface area contributed by atoms with Crippen molar-refractivity contribution in [3.63, 3.8) is 0 Å². The third-order valence-electron chi connectivity index (χ3n) is 7.94. The van der Waals surface area contributed by atoms with E-state index in [1.54, 1.807) is 0 Å². The zero-order valence-electron chi connectivity index (χ0n) is 23.4. The molecule has 0 radical (unpaired) electrons. The van der Waals surface area contributed by atoms with Gasteiger partial charge >= 0.3 is 21.1 Å². The smallest absolute Gasteiger partial charge is 0.503 e. The first kappa shape index (κ1) is 27.8. The predicted octanol–water partition coefficient (Wildman–Crippen LogP) is 9.18. The Kier molecular flexibility index (Phi) is 7.29. The van der Waals surface area contributed by atoms with Crippen LogP contribution in [0.1, 0.15) is 22.4 Å². The van der Waals surface area contributed by atoms with Gasteiger partial charge in [0.25, 0.3) is 0 Å². The summed E-state index contributed by atoms with van der Waals surface area (Å²) in [5.41, 5.74) is 4.73. The fourth-order valence-corrected chi connectivity index (χ4v) is 6.11. The van der Waals surface area contributed by atoms with E-state index in [1.807, 2.05) is 109 Å². The molecule has 0 N–H and O–H groups in total. The van der Waals surface area contributed by atoms with E-state index in [-0.39, 0.29) is 21.1 Å². The zero-order valence-corrected chi connectivity index (χ0v) is 25.7. The molecule has 5 heteroatoms. The molecule has 2 aromatic heterocycles. The number of rotatable bonds is 5. The Morgan fingerprint density at radius 2 is 1.25 bits per heavy atom. The summed E-state index contributed by atoms with van der Waals surface area (Å²) in [5.74, 6) is 2.74. The van der Waals surface area contributed by atoms with Crippen molar-refractivity contribution in [2.24, 2.45) is 0 Å². The normalized spacial score (nSPS) is 12.7. The first-order chi connectivity index (χ1) is 21.3. The molecule has 4 nitrogen and oxygen atoms in total. The van der Waals surface area contributed by atoms with Crippen LogP contribution in [0, 0.1) is 12.1 Å². The van der Waals surface area contributed by atoms with Crippen molar-refractivity contribution < 1.29 is 30.5 Å². The fourth-order valence-electron chi connectivity index (χ4n) is 6.11. The topological polar surface area (TPSA) is 44.2 Å². The molecular formula is C39H24N2O2Pt. The van der Waals surface area contributed by atoms with Crippen LogP contribution in [-0.2, 0) is 26.5 Å². The summed E-state index contributed by atoms with van der Waals surface area (Å²) in [7, 11) is 0. The van der Waals surface area contributed by atoms with Gasteiger partial charge in [0, 0.05) is 35.0 Å². The second-order valence-corrected chi connectivity index (χ2v) is 10.4. The SMILES string of the molecule is [Pt+2].[c-]1c(Oc2[c-]c(C3(c4ccccn4)c4ccccc4Oc4ccccc43)ccc2)cccc1-c1nccc2ccccc12. The molecule has 1 aliphatic heterocycles.